The number of carbonyl (C=O) groups excluding carboxylic acids is 2. The Hall–Kier alpha value is -1.55. The fourth-order valence-electron chi connectivity index (χ4n) is 1.39. The van der Waals surface area contributed by atoms with Crippen molar-refractivity contribution >= 4 is 29.2 Å². The summed E-state index contributed by atoms with van der Waals surface area (Å²) in [4.78, 5) is 22.9. The Labute approximate surface area is 118 Å². The first-order valence-electron chi connectivity index (χ1n) is 6.30. The van der Waals surface area contributed by atoms with E-state index < -0.39 is 0 Å². The highest BCUT2D eigenvalue weighted by atomic mass is 35.5. The van der Waals surface area contributed by atoms with Gasteiger partial charge in [0.1, 0.15) is 0 Å². The van der Waals surface area contributed by atoms with Crippen molar-refractivity contribution in [2.24, 2.45) is 0 Å². The maximum absolute atomic E-state index is 11.6. The van der Waals surface area contributed by atoms with E-state index in [-0.39, 0.29) is 24.2 Å². The zero-order valence-electron chi connectivity index (χ0n) is 10.9. The highest BCUT2D eigenvalue weighted by Gasteiger charge is 2.07. The summed E-state index contributed by atoms with van der Waals surface area (Å²) in [5.41, 5.74) is 1.12. The molecule has 1 aromatic rings. The van der Waals surface area contributed by atoms with Crippen molar-refractivity contribution in [3.63, 3.8) is 0 Å². The standard InChI is InChI=1S/C14H18ClNO3/c1-2-3-10-19-14(18)11-4-6-12(7-5-11)16-13(17)8-9-15/h4-7H,2-3,8-10H2,1H3,(H,16,17). The van der Waals surface area contributed by atoms with Crippen LogP contribution in [0.15, 0.2) is 24.3 Å². The molecule has 0 radical (unpaired) electrons. The first-order valence-corrected chi connectivity index (χ1v) is 6.83. The first-order chi connectivity index (χ1) is 9.17. The molecule has 19 heavy (non-hydrogen) atoms. The van der Waals surface area contributed by atoms with E-state index in [1.165, 1.54) is 0 Å². The topological polar surface area (TPSA) is 55.4 Å². The average Bonchev–Trinajstić information content (AvgIpc) is 2.40. The minimum absolute atomic E-state index is 0.145. The molecule has 0 atom stereocenters. The first kappa shape index (κ1) is 15.5. The van der Waals surface area contributed by atoms with Crippen LogP contribution in [0.3, 0.4) is 0 Å². The number of alkyl halides is 1. The summed E-state index contributed by atoms with van der Waals surface area (Å²) in [7, 11) is 0. The summed E-state index contributed by atoms with van der Waals surface area (Å²) in [5, 5.41) is 2.69. The number of carbonyl (C=O) groups is 2. The highest BCUT2D eigenvalue weighted by Crippen LogP contribution is 2.11. The molecule has 1 N–H and O–H groups in total. The number of amides is 1. The fourth-order valence-corrected chi connectivity index (χ4v) is 1.56. The molecule has 0 aliphatic rings. The van der Waals surface area contributed by atoms with Crippen LogP contribution < -0.4 is 5.32 Å². The normalized spacial score (nSPS) is 10.0. The van der Waals surface area contributed by atoms with Crippen molar-refractivity contribution in [3.05, 3.63) is 29.8 Å². The van der Waals surface area contributed by atoms with Crippen molar-refractivity contribution in [3.8, 4) is 0 Å². The minimum atomic E-state index is -0.341. The Morgan fingerprint density at radius 1 is 1.26 bits per heavy atom. The molecule has 0 heterocycles. The number of anilines is 1. The van der Waals surface area contributed by atoms with Gasteiger partial charge in [0.2, 0.25) is 5.91 Å². The summed E-state index contributed by atoms with van der Waals surface area (Å²) in [6, 6.07) is 6.60. The van der Waals surface area contributed by atoms with Crippen LogP contribution in [0.1, 0.15) is 36.5 Å². The van der Waals surface area contributed by atoms with E-state index in [1.807, 2.05) is 6.92 Å². The van der Waals surface area contributed by atoms with Crippen LogP contribution >= 0.6 is 11.6 Å². The van der Waals surface area contributed by atoms with Crippen molar-refractivity contribution in [1.29, 1.82) is 0 Å². The fraction of sp³-hybridized carbons (Fsp3) is 0.429. The predicted octanol–water partition coefficient (Wildman–Crippen LogP) is 3.21. The van der Waals surface area contributed by atoms with Gasteiger partial charge in [0.15, 0.2) is 0 Å². The maximum atomic E-state index is 11.6. The van der Waals surface area contributed by atoms with E-state index in [0.717, 1.165) is 12.8 Å². The summed E-state index contributed by atoms with van der Waals surface area (Å²) < 4.78 is 5.08. The molecule has 0 aliphatic heterocycles. The Morgan fingerprint density at radius 2 is 1.95 bits per heavy atom. The Balaban J connectivity index is 2.51. The van der Waals surface area contributed by atoms with Crippen LogP contribution in [0.2, 0.25) is 0 Å². The Morgan fingerprint density at radius 3 is 2.53 bits per heavy atom. The molecule has 0 bridgehead atoms. The van der Waals surface area contributed by atoms with Gasteiger partial charge >= 0.3 is 5.97 Å². The Kier molecular flexibility index (Phi) is 6.97. The largest absolute Gasteiger partial charge is 0.462 e. The number of esters is 1. The molecule has 0 saturated carbocycles. The van der Waals surface area contributed by atoms with Gasteiger partial charge in [-0.05, 0) is 30.7 Å². The number of halogens is 1. The van der Waals surface area contributed by atoms with Gasteiger partial charge in [-0.2, -0.15) is 0 Å². The summed E-state index contributed by atoms with van der Waals surface area (Å²) >= 11 is 5.47. The molecule has 0 aliphatic carbocycles. The van der Waals surface area contributed by atoms with Crippen LogP contribution in [0.25, 0.3) is 0 Å². The number of hydrogen-bond donors (Lipinski definition) is 1. The zero-order valence-corrected chi connectivity index (χ0v) is 11.7. The number of benzene rings is 1. The van der Waals surface area contributed by atoms with Gasteiger partial charge in [-0.1, -0.05) is 13.3 Å². The van der Waals surface area contributed by atoms with Gasteiger partial charge in [0, 0.05) is 18.0 Å². The molecule has 1 amide bonds. The second-order valence-corrected chi connectivity index (χ2v) is 4.43. The maximum Gasteiger partial charge on any atom is 0.338 e. The van der Waals surface area contributed by atoms with Gasteiger partial charge in [0.25, 0.3) is 0 Å². The molecule has 1 rings (SSSR count). The molecule has 0 fully saturated rings. The van der Waals surface area contributed by atoms with Gasteiger partial charge in [-0.3, -0.25) is 4.79 Å². The predicted molar refractivity (Wildman–Crippen MR) is 75.6 cm³/mol. The lowest BCUT2D eigenvalue weighted by Crippen LogP contribution is -2.12. The van der Waals surface area contributed by atoms with E-state index in [1.54, 1.807) is 24.3 Å². The third-order valence-electron chi connectivity index (χ3n) is 2.46. The lowest BCUT2D eigenvalue weighted by atomic mass is 10.2. The number of nitrogens with one attached hydrogen (secondary N) is 1. The minimum Gasteiger partial charge on any atom is -0.462 e. The molecule has 0 saturated heterocycles. The van der Waals surface area contributed by atoms with Crippen LogP contribution in [-0.4, -0.2) is 24.4 Å². The number of ether oxygens (including phenoxy) is 1. The average molecular weight is 284 g/mol. The van der Waals surface area contributed by atoms with Gasteiger partial charge in [0.05, 0.1) is 12.2 Å². The van der Waals surface area contributed by atoms with E-state index in [4.69, 9.17) is 16.3 Å². The van der Waals surface area contributed by atoms with Crippen molar-refractivity contribution in [2.45, 2.75) is 26.2 Å². The summed E-state index contributed by atoms with van der Waals surface area (Å²) in [6.45, 7) is 2.47. The smallest absolute Gasteiger partial charge is 0.338 e. The second kappa shape index (κ2) is 8.53. The molecule has 0 aromatic heterocycles. The second-order valence-electron chi connectivity index (χ2n) is 4.05. The van der Waals surface area contributed by atoms with E-state index >= 15 is 0 Å². The lowest BCUT2D eigenvalue weighted by Gasteiger charge is -2.06. The van der Waals surface area contributed by atoms with Crippen LogP contribution in [-0.2, 0) is 9.53 Å². The summed E-state index contributed by atoms with van der Waals surface area (Å²) in [6.07, 6.45) is 2.11. The third-order valence-corrected chi connectivity index (χ3v) is 2.65. The van der Waals surface area contributed by atoms with Crippen LogP contribution in [0, 0.1) is 0 Å². The monoisotopic (exact) mass is 283 g/mol. The molecule has 5 heteroatoms. The molecule has 4 nitrogen and oxygen atoms in total. The zero-order chi connectivity index (χ0) is 14.1. The van der Waals surface area contributed by atoms with E-state index in [2.05, 4.69) is 5.32 Å². The third kappa shape index (κ3) is 5.75. The quantitative estimate of drug-likeness (QED) is 0.475. The van der Waals surface area contributed by atoms with Crippen molar-refractivity contribution < 1.29 is 14.3 Å². The van der Waals surface area contributed by atoms with Gasteiger partial charge in [-0.15, -0.1) is 11.6 Å². The van der Waals surface area contributed by atoms with Gasteiger partial charge < -0.3 is 10.1 Å². The summed E-state index contributed by atoms with van der Waals surface area (Å²) in [5.74, 6) is -0.200. The molecule has 0 spiro atoms. The molecular formula is C14H18ClNO3. The molecule has 0 unspecified atom stereocenters. The van der Waals surface area contributed by atoms with E-state index in [0.29, 0.717) is 17.9 Å². The lowest BCUT2D eigenvalue weighted by molar-refractivity contribution is -0.115. The van der Waals surface area contributed by atoms with Crippen molar-refractivity contribution in [1.82, 2.24) is 0 Å². The molecule has 104 valence electrons. The molecule has 1 aromatic carbocycles. The van der Waals surface area contributed by atoms with Crippen LogP contribution in [0.5, 0.6) is 0 Å². The highest BCUT2D eigenvalue weighted by molar-refractivity contribution is 6.19. The van der Waals surface area contributed by atoms with Crippen molar-refractivity contribution in [2.75, 3.05) is 17.8 Å². The van der Waals surface area contributed by atoms with Gasteiger partial charge in [-0.25, -0.2) is 4.79 Å². The Bertz CT molecular complexity index is 417. The molecular weight excluding hydrogens is 266 g/mol. The van der Waals surface area contributed by atoms with E-state index in [9.17, 15) is 9.59 Å². The number of unbranched alkanes of at least 4 members (excludes halogenated alkanes) is 1. The number of hydrogen-bond acceptors (Lipinski definition) is 3. The number of rotatable bonds is 7. The SMILES string of the molecule is CCCCOC(=O)c1ccc(NC(=O)CCCl)cc1. The van der Waals surface area contributed by atoms with Crippen LogP contribution in [0.4, 0.5) is 5.69 Å².